The zero-order valence-corrected chi connectivity index (χ0v) is 23.5. The van der Waals surface area contributed by atoms with Crippen molar-refractivity contribution in [2.45, 2.75) is 24.9 Å². The van der Waals surface area contributed by atoms with Crippen molar-refractivity contribution in [2.24, 2.45) is 0 Å². The summed E-state index contributed by atoms with van der Waals surface area (Å²) in [7, 11) is 8.24. The number of methoxy groups -OCH3 is 3. The lowest BCUT2D eigenvalue weighted by Gasteiger charge is -2.39. The fourth-order valence-corrected chi connectivity index (χ4v) is 4.98. The number of halogens is 1. The van der Waals surface area contributed by atoms with Crippen molar-refractivity contribution in [3.8, 4) is 23.7 Å². The summed E-state index contributed by atoms with van der Waals surface area (Å²) >= 11 is 0. The number of hydrogen-bond donors (Lipinski definition) is 1. The number of rotatable bonds is 10. The Balaban J connectivity index is 2.12. The second-order valence-corrected chi connectivity index (χ2v) is 9.94. The first-order chi connectivity index (χ1) is 19.1. The molecule has 2 heterocycles. The Hall–Kier alpha value is -4.26. The Morgan fingerprint density at radius 1 is 0.975 bits per heavy atom. The fourth-order valence-electron chi connectivity index (χ4n) is 4.98. The zero-order chi connectivity index (χ0) is 29.0. The van der Waals surface area contributed by atoms with E-state index in [1.807, 2.05) is 25.1 Å². The van der Waals surface area contributed by atoms with E-state index in [9.17, 15) is 10.4 Å². The Kier molecular flexibility index (Phi) is 8.52. The van der Waals surface area contributed by atoms with E-state index >= 15 is 4.39 Å². The maximum atomic E-state index is 16.1. The van der Waals surface area contributed by atoms with Gasteiger partial charge in [-0.15, -0.1) is 0 Å². The second-order valence-electron chi connectivity index (χ2n) is 9.94. The lowest BCUT2D eigenvalue weighted by atomic mass is 9.71. The highest BCUT2D eigenvalue weighted by Gasteiger charge is 2.44. The van der Waals surface area contributed by atoms with Crippen LogP contribution >= 0.6 is 0 Å². The number of nitrogens with zero attached hydrogens (tertiary/aromatic N) is 4. The third-order valence-electron chi connectivity index (χ3n) is 7.09. The maximum absolute atomic E-state index is 16.1. The molecule has 2 aromatic carbocycles. The van der Waals surface area contributed by atoms with Gasteiger partial charge in [0.05, 0.1) is 44.4 Å². The summed E-state index contributed by atoms with van der Waals surface area (Å²) in [5, 5.41) is 23.0. The number of aliphatic hydroxyl groups is 1. The standard InChI is InChI=1S/C31H33FN4O4/c1-19-8-7-9-23(29(19)32)28(24-15-21-14-20(18-33)10-11-25(21)34-30(24)40-6)31(37,12-13-36(2)3)22-16-26(38-4)35-27(17-22)39-5/h7-11,14-17,28,37H,12-13H2,1-6H3. The van der Waals surface area contributed by atoms with Crippen LogP contribution in [0.15, 0.2) is 54.6 Å². The number of hydrogen-bond acceptors (Lipinski definition) is 8. The van der Waals surface area contributed by atoms with Crippen molar-refractivity contribution < 1.29 is 23.7 Å². The number of aromatic nitrogens is 2. The molecule has 0 aliphatic rings. The first kappa shape index (κ1) is 28.7. The minimum Gasteiger partial charge on any atom is -0.481 e. The molecule has 0 aliphatic carbocycles. The SMILES string of the molecule is COc1cc(C(O)(CCN(C)C)C(c2cc3cc(C#N)ccc3nc2OC)c2cccc(C)c2F)cc(OC)n1. The third kappa shape index (κ3) is 5.55. The third-order valence-corrected chi connectivity index (χ3v) is 7.09. The van der Waals surface area contributed by atoms with Gasteiger partial charge in [-0.25, -0.2) is 9.37 Å². The molecule has 4 rings (SSSR count). The van der Waals surface area contributed by atoms with Crippen molar-refractivity contribution >= 4 is 10.9 Å². The van der Waals surface area contributed by atoms with Crippen LogP contribution in [0.5, 0.6) is 17.6 Å². The van der Waals surface area contributed by atoms with Crippen LogP contribution in [0.2, 0.25) is 0 Å². The fraction of sp³-hybridized carbons (Fsp3) is 0.323. The summed E-state index contributed by atoms with van der Waals surface area (Å²) in [6.45, 7) is 2.15. The van der Waals surface area contributed by atoms with Crippen LogP contribution in [0.3, 0.4) is 0 Å². The highest BCUT2D eigenvalue weighted by atomic mass is 19.1. The summed E-state index contributed by atoms with van der Waals surface area (Å²) in [5.74, 6) is -0.718. The molecule has 0 fully saturated rings. The molecule has 0 saturated heterocycles. The Morgan fingerprint density at radius 2 is 1.68 bits per heavy atom. The number of nitriles is 1. The highest BCUT2D eigenvalue weighted by molar-refractivity contribution is 5.82. The largest absolute Gasteiger partial charge is 0.481 e. The summed E-state index contributed by atoms with van der Waals surface area (Å²) in [6, 6.07) is 17.5. The lowest BCUT2D eigenvalue weighted by Crippen LogP contribution is -2.38. The summed E-state index contributed by atoms with van der Waals surface area (Å²) in [5.41, 5.74) is 0.941. The average molecular weight is 545 g/mol. The van der Waals surface area contributed by atoms with E-state index in [4.69, 9.17) is 19.2 Å². The first-order valence-corrected chi connectivity index (χ1v) is 12.8. The normalized spacial score (nSPS) is 13.5. The van der Waals surface area contributed by atoms with E-state index < -0.39 is 17.3 Å². The number of aryl methyl sites for hydroxylation is 1. The average Bonchev–Trinajstić information content (AvgIpc) is 2.97. The molecule has 0 bridgehead atoms. The zero-order valence-electron chi connectivity index (χ0n) is 23.5. The Labute approximate surface area is 233 Å². The number of ether oxygens (including phenoxy) is 3. The second kappa shape index (κ2) is 11.9. The minimum atomic E-state index is -1.71. The number of pyridine rings is 2. The van der Waals surface area contributed by atoms with Gasteiger partial charge in [0.25, 0.3) is 0 Å². The number of benzene rings is 2. The van der Waals surface area contributed by atoms with Crippen LogP contribution in [0, 0.1) is 24.1 Å². The van der Waals surface area contributed by atoms with Gasteiger partial charge in [-0.3, -0.25) is 0 Å². The van der Waals surface area contributed by atoms with Gasteiger partial charge in [0.1, 0.15) is 11.4 Å². The van der Waals surface area contributed by atoms with Crippen LogP contribution in [0.25, 0.3) is 10.9 Å². The molecule has 208 valence electrons. The van der Waals surface area contributed by atoms with Crippen LogP contribution < -0.4 is 14.2 Å². The molecule has 2 unspecified atom stereocenters. The van der Waals surface area contributed by atoms with Crippen molar-refractivity contribution in [1.29, 1.82) is 5.26 Å². The molecule has 0 radical (unpaired) electrons. The smallest absolute Gasteiger partial charge is 0.217 e. The summed E-state index contributed by atoms with van der Waals surface area (Å²) in [6.07, 6.45) is 0.202. The van der Waals surface area contributed by atoms with Gasteiger partial charge in [0.2, 0.25) is 17.6 Å². The molecule has 1 N–H and O–H groups in total. The van der Waals surface area contributed by atoms with Gasteiger partial charge < -0.3 is 24.2 Å². The van der Waals surface area contributed by atoms with Crippen molar-refractivity contribution in [2.75, 3.05) is 42.0 Å². The molecule has 9 heteroatoms. The van der Waals surface area contributed by atoms with Crippen molar-refractivity contribution in [3.05, 3.63) is 88.2 Å². The van der Waals surface area contributed by atoms with Crippen LogP contribution in [-0.4, -0.2) is 61.9 Å². The molecular formula is C31H33FN4O4. The van der Waals surface area contributed by atoms with Gasteiger partial charge >= 0.3 is 0 Å². The molecule has 2 atom stereocenters. The highest BCUT2D eigenvalue weighted by Crippen LogP contribution is 2.49. The van der Waals surface area contributed by atoms with E-state index in [1.54, 1.807) is 55.5 Å². The molecule has 8 nitrogen and oxygen atoms in total. The van der Waals surface area contributed by atoms with Gasteiger partial charge in [0, 0.05) is 29.6 Å². The van der Waals surface area contributed by atoms with Crippen LogP contribution in [0.4, 0.5) is 4.39 Å². The Morgan fingerprint density at radius 3 is 2.27 bits per heavy atom. The van der Waals surface area contributed by atoms with E-state index in [0.29, 0.717) is 39.7 Å². The van der Waals surface area contributed by atoms with Gasteiger partial charge in [-0.1, -0.05) is 18.2 Å². The molecule has 40 heavy (non-hydrogen) atoms. The summed E-state index contributed by atoms with van der Waals surface area (Å²) < 4.78 is 32.7. The predicted molar refractivity (Wildman–Crippen MR) is 150 cm³/mol. The van der Waals surface area contributed by atoms with Gasteiger partial charge in [-0.2, -0.15) is 10.2 Å². The number of fused-ring (bicyclic) bond motifs is 1. The molecule has 2 aromatic heterocycles. The molecule has 0 saturated carbocycles. The van der Waals surface area contributed by atoms with E-state index in [2.05, 4.69) is 11.1 Å². The molecular weight excluding hydrogens is 511 g/mol. The topological polar surface area (TPSA) is 101 Å². The summed E-state index contributed by atoms with van der Waals surface area (Å²) in [4.78, 5) is 10.9. The Bertz CT molecular complexity index is 1550. The monoisotopic (exact) mass is 544 g/mol. The molecule has 0 amide bonds. The van der Waals surface area contributed by atoms with Crippen LogP contribution in [0.1, 0.15) is 40.2 Å². The molecule has 0 aliphatic heterocycles. The quantitative estimate of drug-likeness (QED) is 0.300. The first-order valence-electron chi connectivity index (χ1n) is 12.8. The maximum Gasteiger partial charge on any atom is 0.217 e. The minimum absolute atomic E-state index is 0.202. The van der Waals surface area contributed by atoms with E-state index in [-0.39, 0.29) is 29.6 Å². The van der Waals surface area contributed by atoms with Crippen LogP contribution in [-0.2, 0) is 5.60 Å². The van der Waals surface area contributed by atoms with Gasteiger partial charge in [0.15, 0.2) is 0 Å². The predicted octanol–water partition coefficient (Wildman–Crippen LogP) is 4.95. The van der Waals surface area contributed by atoms with Gasteiger partial charge in [-0.05, 0) is 68.4 Å². The van der Waals surface area contributed by atoms with E-state index in [0.717, 1.165) is 0 Å². The van der Waals surface area contributed by atoms with E-state index in [1.165, 1.54) is 21.3 Å². The molecule has 4 aromatic rings. The lowest BCUT2D eigenvalue weighted by molar-refractivity contribution is 0.00239. The molecule has 0 spiro atoms. The van der Waals surface area contributed by atoms with Crippen molar-refractivity contribution in [3.63, 3.8) is 0 Å². The van der Waals surface area contributed by atoms with Crippen molar-refractivity contribution in [1.82, 2.24) is 14.9 Å².